The Morgan fingerprint density at radius 1 is 0.933 bits per heavy atom. The Labute approximate surface area is 175 Å². The molecule has 0 bridgehead atoms. The van der Waals surface area contributed by atoms with Gasteiger partial charge in [-0.3, -0.25) is 4.79 Å². The van der Waals surface area contributed by atoms with Gasteiger partial charge in [-0.15, -0.1) is 0 Å². The molecule has 4 rings (SSSR count). The molecule has 1 heterocycles. The van der Waals surface area contributed by atoms with Crippen LogP contribution in [0.3, 0.4) is 0 Å². The zero-order valence-electron chi connectivity index (χ0n) is 17.3. The topological polar surface area (TPSA) is 52.5 Å². The third-order valence-corrected chi connectivity index (χ3v) is 5.24. The van der Waals surface area contributed by atoms with Crippen LogP contribution in [0.15, 0.2) is 72.9 Å². The second kappa shape index (κ2) is 8.33. The molecule has 152 valence electrons. The summed E-state index contributed by atoms with van der Waals surface area (Å²) in [6, 6.07) is 19.8. The van der Waals surface area contributed by atoms with Crippen molar-refractivity contribution in [2.24, 2.45) is 0 Å². The highest BCUT2D eigenvalue weighted by Crippen LogP contribution is 2.31. The minimum absolute atomic E-state index is 0.118. The second-order valence-corrected chi connectivity index (χ2v) is 6.91. The lowest BCUT2D eigenvalue weighted by molar-refractivity contribution is 0.104. The summed E-state index contributed by atoms with van der Waals surface area (Å²) >= 11 is 0. The highest BCUT2D eigenvalue weighted by atomic mass is 16.5. The summed E-state index contributed by atoms with van der Waals surface area (Å²) in [4.78, 5) is 12.5. The van der Waals surface area contributed by atoms with E-state index in [0.29, 0.717) is 17.1 Å². The number of fused-ring (bicyclic) bond motifs is 3. The lowest BCUT2D eigenvalue weighted by Crippen LogP contribution is -1.98. The first-order valence-corrected chi connectivity index (χ1v) is 9.86. The monoisotopic (exact) mass is 400 g/mol. The Hall–Kier alpha value is -3.73. The number of hydrogen-bond acceptors (Lipinski definition) is 4. The van der Waals surface area contributed by atoms with Crippen LogP contribution >= 0.6 is 0 Å². The lowest BCUT2D eigenvalue weighted by atomic mass is 10.1. The number of para-hydroxylation sites is 1. The molecule has 5 nitrogen and oxygen atoms in total. The molecule has 3 aromatic carbocycles. The van der Waals surface area contributed by atoms with Crippen molar-refractivity contribution < 1.29 is 14.3 Å². The van der Waals surface area contributed by atoms with E-state index >= 15 is 0 Å². The second-order valence-electron chi connectivity index (χ2n) is 6.91. The summed E-state index contributed by atoms with van der Waals surface area (Å²) in [6.07, 6.45) is 3.18. The summed E-state index contributed by atoms with van der Waals surface area (Å²) in [7, 11) is 3.12. The van der Waals surface area contributed by atoms with Crippen molar-refractivity contribution in [1.29, 1.82) is 0 Å². The van der Waals surface area contributed by atoms with Crippen molar-refractivity contribution in [3.05, 3.63) is 78.5 Å². The average Bonchev–Trinajstić information content (AvgIpc) is 3.11. The predicted octanol–water partition coefficient (Wildman–Crippen LogP) is 5.64. The number of ether oxygens (including phenoxy) is 2. The quantitative estimate of drug-likeness (QED) is 0.322. The van der Waals surface area contributed by atoms with Crippen LogP contribution in [0, 0.1) is 0 Å². The smallest absolute Gasteiger partial charge is 0.187 e. The molecule has 0 aliphatic carbocycles. The molecule has 4 aromatic rings. The third-order valence-electron chi connectivity index (χ3n) is 5.24. The first kappa shape index (κ1) is 19.6. The molecule has 0 aliphatic heterocycles. The number of methoxy groups -OCH3 is 2. The van der Waals surface area contributed by atoms with Gasteiger partial charge < -0.3 is 19.4 Å². The zero-order valence-corrected chi connectivity index (χ0v) is 17.3. The van der Waals surface area contributed by atoms with Gasteiger partial charge in [-0.25, -0.2) is 0 Å². The number of carbonyl (C=O) groups excluding carboxylic acids is 1. The van der Waals surface area contributed by atoms with Gasteiger partial charge in [0.05, 0.1) is 14.2 Å². The van der Waals surface area contributed by atoms with Gasteiger partial charge >= 0.3 is 0 Å². The number of aromatic nitrogens is 1. The zero-order chi connectivity index (χ0) is 21.1. The summed E-state index contributed by atoms with van der Waals surface area (Å²) in [5.41, 5.74) is 3.89. The maximum atomic E-state index is 12.5. The molecule has 0 atom stereocenters. The molecule has 1 aromatic heterocycles. The van der Waals surface area contributed by atoms with E-state index in [2.05, 4.69) is 53.2 Å². The number of carbonyl (C=O) groups is 1. The largest absolute Gasteiger partial charge is 0.493 e. The minimum Gasteiger partial charge on any atom is -0.493 e. The number of allylic oxidation sites excluding steroid dienone is 1. The average molecular weight is 400 g/mol. The molecule has 0 spiro atoms. The van der Waals surface area contributed by atoms with E-state index in [1.54, 1.807) is 38.6 Å². The van der Waals surface area contributed by atoms with Gasteiger partial charge in [0.2, 0.25) is 0 Å². The number of nitrogens with zero attached hydrogens (tertiary/aromatic N) is 1. The Morgan fingerprint density at radius 3 is 2.47 bits per heavy atom. The van der Waals surface area contributed by atoms with Gasteiger partial charge in [0, 0.05) is 51.9 Å². The van der Waals surface area contributed by atoms with E-state index in [4.69, 9.17) is 9.47 Å². The number of benzene rings is 3. The number of nitrogens with one attached hydrogen (secondary N) is 1. The van der Waals surface area contributed by atoms with Crippen LogP contribution in [0.5, 0.6) is 11.5 Å². The van der Waals surface area contributed by atoms with E-state index in [1.807, 2.05) is 6.07 Å². The molecule has 0 radical (unpaired) electrons. The molecule has 5 heteroatoms. The number of aryl methyl sites for hydroxylation is 1. The fourth-order valence-corrected chi connectivity index (χ4v) is 3.78. The first-order valence-electron chi connectivity index (χ1n) is 9.86. The highest BCUT2D eigenvalue weighted by molar-refractivity contribution is 6.09. The SMILES string of the molecule is CCn1c2ccccc2c2cc(N/C=C/C(=O)c3ccc(OC)c(OC)c3)ccc21. The van der Waals surface area contributed by atoms with Gasteiger partial charge in [0.1, 0.15) is 0 Å². The van der Waals surface area contributed by atoms with Crippen LogP contribution in [-0.2, 0) is 6.54 Å². The van der Waals surface area contributed by atoms with Gasteiger partial charge in [0.25, 0.3) is 0 Å². The fraction of sp³-hybridized carbons (Fsp3) is 0.160. The van der Waals surface area contributed by atoms with Crippen LogP contribution in [0.25, 0.3) is 21.8 Å². The van der Waals surface area contributed by atoms with E-state index in [1.165, 1.54) is 27.9 Å². The molecule has 0 saturated carbocycles. The van der Waals surface area contributed by atoms with Crippen LogP contribution in [-0.4, -0.2) is 24.6 Å². The Morgan fingerprint density at radius 2 is 1.70 bits per heavy atom. The van der Waals surface area contributed by atoms with Crippen LogP contribution < -0.4 is 14.8 Å². The summed E-state index contributed by atoms with van der Waals surface area (Å²) < 4.78 is 12.8. The molecule has 30 heavy (non-hydrogen) atoms. The van der Waals surface area contributed by atoms with Crippen LogP contribution in [0.4, 0.5) is 5.69 Å². The predicted molar refractivity (Wildman–Crippen MR) is 122 cm³/mol. The van der Waals surface area contributed by atoms with Gasteiger partial charge in [-0.05, 0) is 49.4 Å². The van der Waals surface area contributed by atoms with Crippen molar-refractivity contribution in [3.63, 3.8) is 0 Å². The Balaban J connectivity index is 1.57. The molecule has 0 amide bonds. The number of anilines is 1. The Bertz CT molecular complexity index is 1250. The first-order chi connectivity index (χ1) is 14.7. The molecular weight excluding hydrogens is 376 g/mol. The molecule has 0 fully saturated rings. The molecule has 1 N–H and O–H groups in total. The van der Waals surface area contributed by atoms with Gasteiger partial charge in [-0.2, -0.15) is 0 Å². The maximum absolute atomic E-state index is 12.5. The third kappa shape index (κ3) is 3.50. The van der Waals surface area contributed by atoms with E-state index in [-0.39, 0.29) is 5.78 Å². The number of rotatable bonds is 7. The highest BCUT2D eigenvalue weighted by Gasteiger charge is 2.10. The van der Waals surface area contributed by atoms with Crippen molar-refractivity contribution >= 4 is 33.3 Å². The van der Waals surface area contributed by atoms with Gasteiger partial charge in [-0.1, -0.05) is 18.2 Å². The van der Waals surface area contributed by atoms with Crippen LogP contribution in [0.1, 0.15) is 17.3 Å². The van der Waals surface area contributed by atoms with E-state index in [9.17, 15) is 4.79 Å². The van der Waals surface area contributed by atoms with Gasteiger partial charge in [0.15, 0.2) is 17.3 Å². The molecule has 0 saturated heterocycles. The van der Waals surface area contributed by atoms with E-state index < -0.39 is 0 Å². The van der Waals surface area contributed by atoms with Crippen molar-refractivity contribution in [3.8, 4) is 11.5 Å². The molecular formula is C25H24N2O3. The molecule has 0 aliphatic rings. The number of hydrogen-bond donors (Lipinski definition) is 1. The van der Waals surface area contributed by atoms with E-state index in [0.717, 1.165) is 12.2 Å². The molecule has 0 unspecified atom stereocenters. The normalized spacial score (nSPS) is 11.3. The van der Waals surface area contributed by atoms with Crippen molar-refractivity contribution in [2.75, 3.05) is 19.5 Å². The standard InChI is InChI=1S/C25H24N2O3/c1-4-27-21-8-6-5-7-19(21)20-16-18(10-11-22(20)27)26-14-13-23(28)17-9-12-24(29-2)25(15-17)30-3/h5-16,26H,4H2,1-3H3/b14-13+. The van der Waals surface area contributed by atoms with Crippen molar-refractivity contribution in [1.82, 2.24) is 4.57 Å². The van der Waals surface area contributed by atoms with Crippen molar-refractivity contribution in [2.45, 2.75) is 13.5 Å². The fourth-order valence-electron chi connectivity index (χ4n) is 3.78. The minimum atomic E-state index is -0.118. The maximum Gasteiger partial charge on any atom is 0.187 e. The summed E-state index contributed by atoms with van der Waals surface area (Å²) in [5.74, 6) is 1.00. The summed E-state index contributed by atoms with van der Waals surface area (Å²) in [6.45, 7) is 3.07. The Kier molecular flexibility index (Phi) is 5.44. The summed E-state index contributed by atoms with van der Waals surface area (Å²) in [5, 5.41) is 5.63. The lowest BCUT2D eigenvalue weighted by Gasteiger charge is -2.08. The number of ketones is 1. The van der Waals surface area contributed by atoms with Crippen LogP contribution in [0.2, 0.25) is 0 Å².